The van der Waals surface area contributed by atoms with Gasteiger partial charge in [-0.3, -0.25) is 14.5 Å². The maximum absolute atomic E-state index is 13.4. The normalized spacial score (nSPS) is 16.8. The van der Waals surface area contributed by atoms with Gasteiger partial charge in [-0.25, -0.2) is 9.18 Å². The third kappa shape index (κ3) is 6.29. The van der Waals surface area contributed by atoms with Crippen LogP contribution in [0.1, 0.15) is 41.4 Å². The number of cyclic esters (lactones) is 1. The van der Waals surface area contributed by atoms with Crippen molar-refractivity contribution >= 4 is 23.6 Å². The van der Waals surface area contributed by atoms with E-state index in [2.05, 4.69) is 10.6 Å². The molecular formula is C29H30FN3O5. The molecule has 0 spiro atoms. The van der Waals surface area contributed by atoms with Crippen molar-refractivity contribution in [3.05, 3.63) is 95.3 Å². The molecule has 9 heteroatoms. The van der Waals surface area contributed by atoms with Crippen molar-refractivity contribution in [1.29, 1.82) is 0 Å². The van der Waals surface area contributed by atoms with Crippen LogP contribution >= 0.6 is 0 Å². The van der Waals surface area contributed by atoms with Gasteiger partial charge in [0, 0.05) is 17.8 Å². The lowest BCUT2D eigenvalue weighted by molar-refractivity contribution is -0.126. The second kappa shape index (κ2) is 11.8. The highest BCUT2D eigenvalue weighted by Crippen LogP contribution is 2.34. The van der Waals surface area contributed by atoms with Gasteiger partial charge in [-0.15, -0.1) is 0 Å². The summed E-state index contributed by atoms with van der Waals surface area (Å²) in [5.74, 6) is -0.147. The molecule has 1 fully saturated rings. The zero-order valence-electron chi connectivity index (χ0n) is 21.4. The lowest BCUT2D eigenvalue weighted by Gasteiger charge is -2.24. The van der Waals surface area contributed by atoms with E-state index >= 15 is 0 Å². The van der Waals surface area contributed by atoms with E-state index in [0.29, 0.717) is 34.7 Å². The van der Waals surface area contributed by atoms with Crippen LogP contribution in [-0.2, 0) is 16.1 Å². The summed E-state index contributed by atoms with van der Waals surface area (Å²) < 4.78 is 24.2. The van der Waals surface area contributed by atoms with Crippen molar-refractivity contribution in [2.24, 2.45) is 5.92 Å². The van der Waals surface area contributed by atoms with E-state index in [-0.39, 0.29) is 30.1 Å². The van der Waals surface area contributed by atoms with Gasteiger partial charge in [0.2, 0.25) is 5.91 Å². The largest absolute Gasteiger partial charge is 0.497 e. The number of methoxy groups -OCH3 is 1. The Morgan fingerprint density at radius 3 is 2.26 bits per heavy atom. The second-order valence-electron chi connectivity index (χ2n) is 9.45. The van der Waals surface area contributed by atoms with Crippen LogP contribution in [0.2, 0.25) is 0 Å². The lowest BCUT2D eigenvalue weighted by Crippen LogP contribution is -2.47. The maximum Gasteiger partial charge on any atom is 0.411 e. The average molecular weight is 520 g/mol. The molecule has 1 aliphatic rings. The summed E-state index contributed by atoms with van der Waals surface area (Å²) in [4.78, 5) is 40.1. The monoisotopic (exact) mass is 519 g/mol. The minimum absolute atomic E-state index is 0.0887. The first-order valence-corrected chi connectivity index (χ1v) is 12.3. The van der Waals surface area contributed by atoms with Crippen LogP contribution in [-0.4, -0.2) is 42.5 Å². The number of carbonyl (C=O) groups is 3. The Balaban J connectivity index is 1.52. The molecule has 198 valence electrons. The van der Waals surface area contributed by atoms with Gasteiger partial charge in [0.25, 0.3) is 5.91 Å². The second-order valence-corrected chi connectivity index (χ2v) is 9.45. The van der Waals surface area contributed by atoms with E-state index in [9.17, 15) is 18.8 Å². The number of nitrogens with zero attached hydrogens (tertiary/aromatic N) is 1. The molecule has 1 aliphatic heterocycles. The molecule has 38 heavy (non-hydrogen) atoms. The van der Waals surface area contributed by atoms with Crippen molar-refractivity contribution in [3.63, 3.8) is 0 Å². The van der Waals surface area contributed by atoms with Crippen molar-refractivity contribution in [2.45, 2.75) is 32.5 Å². The first-order valence-electron chi connectivity index (χ1n) is 12.3. The molecule has 8 nitrogen and oxygen atoms in total. The third-order valence-electron chi connectivity index (χ3n) is 6.15. The summed E-state index contributed by atoms with van der Waals surface area (Å²) in [6.07, 6.45) is -1.50. The smallest absolute Gasteiger partial charge is 0.411 e. The molecule has 0 aromatic heterocycles. The Hall–Kier alpha value is -4.40. The van der Waals surface area contributed by atoms with Crippen LogP contribution in [0.5, 0.6) is 5.75 Å². The van der Waals surface area contributed by atoms with Crippen LogP contribution in [0.25, 0.3) is 0 Å². The molecule has 0 bridgehead atoms. The Kier molecular flexibility index (Phi) is 8.25. The number of anilines is 1. The molecule has 1 heterocycles. The van der Waals surface area contributed by atoms with E-state index in [4.69, 9.17) is 9.47 Å². The SMILES string of the molecule is COc1ccc(C(=O)Nc2ccc([C@@H]3OC(=O)N(Cc4ccc(F)cc4)[C@@H]3C(=O)NCC(C)C)cc2)cc1. The highest BCUT2D eigenvalue weighted by atomic mass is 19.1. The van der Waals surface area contributed by atoms with E-state index in [1.165, 1.54) is 17.0 Å². The fraction of sp³-hybridized carbons (Fsp3) is 0.276. The van der Waals surface area contributed by atoms with Crippen LogP contribution in [0.15, 0.2) is 72.8 Å². The predicted octanol–water partition coefficient (Wildman–Crippen LogP) is 4.92. The number of halogens is 1. The summed E-state index contributed by atoms with van der Waals surface area (Å²) in [5, 5.41) is 5.72. The van der Waals surface area contributed by atoms with E-state index < -0.39 is 18.2 Å². The maximum atomic E-state index is 13.4. The van der Waals surface area contributed by atoms with Crippen LogP contribution in [0, 0.1) is 11.7 Å². The molecule has 2 N–H and O–H groups in total. The van der Waals surface area contributed by atoms with Crippen LogP contribution in [0.3, 0.4) is 0 Å². The Bertz CT molecular complexity index is 1280. The molecule has 0 radical (unpaired) electrons. The molecule has 0 unspecified atom stereocenters. The Morgan fingerprint density at radius 2 is 1.66 bits per heavy atom. The number of benzene rings is 3. The number of rotatable bonds is 9. The molecule has 0 saturated carbocycles. The van der Waals surface area contributed by atoms with Crippen molar-refractivity contribution < 1.29 is 28.2 Å². The average Bonchev–Trinajstić information content (AvgIpc) is 3.24. The quantitative estimate of drug-likeness (QED) is 0.418. The predicted molar refractivity (Wildman–Crippen MR) is 140 cm³/mol. The summed E-state index contributed by atoms with van der Waals surface area (Å²) in [5.41, 5.74) is 2.29. The first-order chi connectivity index (χ1) is 18.2. The number of nitrogens with one attached hydrogen (secondary N) is 2. The van der Waals surface area contributed by atoms with Gasteiger partial charge in [-0.2, -0.15) is 0 Å². The minimum atomic E-state index is -0.925. The number of hydrogen-bond acceptors (Lipinski definition) is 5. The fourth-order valence-corrected chi connectivity index (χ4v) is 4.11. The molecular weight excluding hydrogens is 489 g/mol. The van der Waals surface area contributed by atoms with E-state index in [1.807, 2.05) is 13.8 Å². The summed E-state index contributed by atoms with van der Waals surface area (Å²) >= 11 is 0. The molecule has 3 aromatic carbocycles. The standard InChI is InChI=1S/C29H30FN3O5/c1-18(2)16-31-28(35)25-26(38-29(36)33(25)17-19-4-10-22(30)11-5-19)20-6-12-23(13-7-20)32-27(34)21-8-14-24(37-3)15-9-21/h4-15,18,25-26H,16-17H2,1-3H3,(H,31,35)(H,32,34)/t25-,26-/m0/s1. The molecule has 3 amide bonds. The Labute approximate surface area is 220 Å². The Morgan fingerprint density at radius 1 is 1.00 bits per heavy atom. The van der Waals surface area contributed by atoms with Crippen LogP contribution < -0.4 is 15.4 Å². The molecule has 2 atom stereocenters. The summed E-state index contributed by atoms with van der Waals surface area (Å²) in [6, 6.07) is 18.4. The topological polar surface area (TPSA) is 97.0 Å². The van der Waals surface area contributed by atoms with Gasteiger partial charge in [-0.1, -0.05) is 38.1 Å². The number of amides is 3. The number of ether oxygens (including phenoxy) is 2. The van der Waals surface area contributed by atoms with Gasteiger partial charge < -0.3 is 20.1 Å². The highest BCUT2D eigenvalue weighted by molar-refractivity contribution is 6.04. The fourth-order valence-electron chi connectivity index (χ4n) is 4.11. The highest BCUT2D eigenvalue weighted by Gasteiger charge is 2.46. The van der Waals surface area contributed by atoms with Gasteiger partial charge in [0.05, 0.1) is 13.7 Å². The number of hydrogen-bond donors (Lipinski definition) is 2. The minimum Gasteiger partial charge on any atom is -0.497 e. The summed E-state index contributed by atoms with van der Waals surface area (Å²) in [6.45, 7) is 4.48. The zero-order chi connectivity index (χ0) is 27.2. The molecule has 1 saturated heterocycles. The van der Waals surface area contributed by atoms with Crippen molar-refractivity contribution in [1.82, 2.24) is 10.2 Å². The van der Waals surface area contributed by atoms with Gasteiger partial charge >= 0.3 is 6.09 Å². The molecule has 0 aliphatic carbocycles. The van der Waals surface area contributed by atoms with Gasteiger partial charge in [-0.05, 0) is 65.6 Å². The van der Waals surface area contributed by atoms with Crippen molar-refractivity contribution in [2.75, 3.05) is 19.0 Å². The lowest BCUT2D eigenvalue weighted by atomic mass is 10.00. The molecule has 4 rings (SSSR count). The van der Waals surface area contributed by atoms with Crippen molar-refractivity contribution in [3.8, 4) is 5.75 Å². The molecule has 3 aromatic rings. The zero-order valence-corrected chi connectivity index (χ0v) is 21.4. The van der Waals surface area contributed by atoms with Gasteiger partial charge in [0.15, 0.2) is 12.1 Å². The number of carbonyl (C=O) groups excluding carboxylic acids is 3. The van der Waals surface area contributed by atoms with E-state index in [1.54, 1.807) is 67.8 Å². The van der Waals surface area contributed by atoms with E-state index in [0.717, 1.165) is 0 Å². The summed E-state index contributed by atoms with van der Waals surface area (Å²) in [7, 11) is 1.55. The van der Waals surface area contributed by atoms with Crippen LogP contribution in [0.4, 0.5) is 14.9 Å². The third-order valence-corrected chi connectivity index (χ3v) is 6.15. The van der Waals surface area contributed by atoms with Gasteiger partial charge in [0.1, 0.15) is 11.6 Å². The first kappa shape index (κ1) is 26.7.